The smallest absolute Gasteiger partial charge is 0.187 e. The van der Waals surface area contributed by atoms with Crippen LogP contribution in [-0.2, 0) is 6.54 Å². The standard InChI is InChI=1S/C8H13N3OS/c9-4-7-5-10-8(11-6-7)13-3-1-2-12/h5-6,12H,1-4,9H2. The van der Waals surface area contributed by atoms with Crippen LogP contribution in [0.15, 0.2) is 17.6 Å². The maximum Gasteiger partial charge on any atom is 0.187 e. The molecule has 13 heavy (non-hydrogen) atoms. The quantitative estimate of drug-likeness (QED) is 0.408. The van der Waals surface area contributed by atoms with Crippen LogP contribution in [0, 0.1) is 0 Å². The van der Waals surface area contributed by atoms with Gasteiger partial charge in [0.1, 0.15) is 0 Å². The van der Waals surface area contributed by atoms with E-state index >= 15 is 0 Å². The topological polar surface area (TPSA) is 72.0 Å². The highest BCUT2D eigenvalue weighted by atomic mass is 32.2. The number of aromatic nitrogens is 2. The summed E-state index contributed by atoms with van der Waals surface area (Å²) in [5, 5.41) is 9.30. The number of aliphatic hydroxyl groups is 1. The molecule has 0 saturated carbocycles. The Kier molecular flexibility index (Phi) is 4.74. The molecule has 3 N–H and O–H groups in total. The van der Waals surface area contributed by atoms with Crippen LogP contribution < -0.4 is 5.73 Å². The van der Waals surface area contributed by atoms with Gasteiger partial charge in [-0.3, -0.25) is 0 Å². The summed E-state index contributed by atoms with van der Waals surface area (Å²) in [5.74, 6) is 0.846. The van der Waals surface area contributed by atoms with E-state index in [1.165, 1.54) is 0 Å². The molecule has 0 aliphatic heterocycles. The highest BCUT2D eigenvalue weighted by molar-refractivity contribution is 7.99. The maximum absolute atomic E-state index is 8.56. The van der Waals surface area contributed by atoms with Gasteiger partial charge in [0.25, 0.3) is 0 Å². The number of nitrogens with zero attached hydrogens (tertiary/aromatic N) is 2. The molecule has 0 fully saturated rings. The van der Waals surface area contributed by atoms with E-state index in [4.69, 9.17) is 10.8 Å². The van der Waals surface area contributed by atoms with E-state index in [-0.39, 0.29) is 6.61 Å². The molecular weight excluding hydrogens is 186 g/mol. The molecule has 0 aliphatic carbocycles. The molecule has 4 nitrogen and oxygen atoms in total. The monoisotopic (exact) mass is 199 g/mol. The number of aliphatic hydroxyl groups excluding tert-OH is 1. The first-order valence-corrected chi connectivity index (χ1v) is 5.10. The molecule has 5 heteroatoms. The van der Waals surface area contributed by atoms with Crippen molar-refractivity contribution in [3.05, 3.63) is 18.0 Å². The van der Waals surface area contributed by atoms with Crippen LogP contribution in [0.25, 0.3) is 0 Å². The van der Waals surface area contributed by atoms with Crippen molar-refractivity contribution in [1.29, 1.82) is 0 Å². The molecule has 0 unspecified atom stereocenters. The molecule has 0 saturated heterocycles. The largest absolute Gasteiger partial charge is 0.396 e. The molecule has 0 spiro atoms. The van der Waals surface area contributed by atoms with E-state index in [0.717, 1.165) is 22.9 Å². The molecule has 1 rings (SSSR count). The fourth-order valence-corrected chi connectivity index (χ4v) is 1.46. The van der Waals surface area contributed by atoms with E-state index in [2.05, 4.69) is 9.97 Å². The third kappa shape index (κ3) is 3.71. The lowest BCUT2D eigenvalue weighted by molar-refractivity contribution is 0.296. The minimum absolute atomic E-state index is 0.216. The van der Waals surface area contributed by atoms with E-state index in [1.54, 1.807) is 24.2 Å². The van der Waals surface area contributed by atoms with Gasteiger partial charge in [-0.25, -0.2) is 9.97 Å². The van der Waals surface area contributed by atoms with Crippen LogP contribution in [-0.4, -0.2) is 27.4 Å². The van der Waals surface area contributed by atoms with Crippen molar-refractivity contribution in [3.63, 3.8) is 0 Å². The summed E-state index contributed by atoms with van der Waals surface area (Å²) in [6.45, 7) is 0.690. The van der Waals surface area contributed by atoms with Crippen LogP contribution in [0.2, 0.25) is 0 Å². The third-order valence-corrected chi connectivity index (χ3v) is 2.41. The Morgan fingerprint density at radius 1 is 1.38 bits per heavy atom. The summed E-state index contributed by atoms with van der Waals surface area (Å²) in [6, 6.07) is 0. The second-order valence-corrected chi connectivity index (χ2v) is 3.57. The third-order valence-electron chi connectivity index (χ3n) is 1.45. The highest BCUT2D eigenvalue weighted by Crippen LogP contribution is 2.12. The average Bonchev–Trinajstić information content (AvgIpc) is 2.19. The fraction of sp³-hybridized carbons (Fsp3) is 0.500. The van der Waals surface area contributed by atoms with Gasteiger partial charge in [0, 0.05) is 36.9 Å². The molecule has 0 aliphatic rings. The minimum Gasteiger partial charge on any atom is -0.396 e. The van der Waals surface area contributed by atoms with Gasteiger partial charge >= 0.3 is 0 Å². The Morgan fingerprint density at radius 2 is 2.08 bits per heavy atom. The summed E-state index contributed by atoms with van der Waals surface area (Å²) in [6.07, 6.45) is 4.23. The lowest BCUT2D eigenvalue weighted by Gasteiger charge is -1.99. The Balaban J connectivity index is 2.40. The molecular formula is C8H13N3OS. The normalized spacial score (nSPS) is 10.3. The molecule has 1 heterocycles. The predicted octanol–water partition coefficient (Wildman–Crippen LogP) is 0.410. The number of nitrogens with two attached hydrogens (primary N) is 1. The van der Waals surface area contributed by atoms with Gasteiger partial charge in [0.05, 0.1) is 0 Å². The van der Waals surface area contributed by atoms with E-state index in [1.807, 2.05) is 0 Å². The molecule has 72 valence electrons. The van der Waals surface area contributed by atoms with Crippen LogP contribution in [0.3, 0.4) is 0 Å². The average molecular weight is 199 g/mol. The zero-order valence-corrected chi connectivity index (χ0v) is 8.13. The van der Waals surface area contributed by atoms with E-state index in [0.29, 0.717) is 6.54 Å². The first-order chi connectivity index (χ1) is 6.36. The molecule has 0 amide bonds. The lowest BCUT2D eigenvalue weighted by Crippen LogP contribution is -1.98. The van der Waals surface area contributed by atoms with Crippen molar-refractivity contribution in [2.24, 2.45) is 5.73 Å². The zero-order chi connectivity index (χ0) is 9.52. The summed E-state index contributed by atoms with van der Waals surface area (Å²) in [5.41, 5.74) is 6.34. The van der Waals surface area contributed by atoms with Crippen molar-refractivity contribution in [3.8, 4) is 0 Å². The number of rotatable bonds is 5. The van der Waals surface area contributed by atoms with Crippen LogP contribution >= 0.6 is 11.8 Å². The van der Waals surface area contributed by atoms with Crippen molar-refractivity contribution in [2.45, 2.75) is 18.1 Å². The first kappa shape index (κ1) is 10.4. The molecule has 0 atom stereocenters. The summed E-state index contributed by atoms with van der Waals surface area (Å²) >= 11 is 1.54. The zero-order valence-electron chi connectivity index (χ0n) is 7.31. The summed E-state index contributed by atoms with van der Waals surface area (Å²) < 4.78 is 0. The van der Waals surface area contributed by atoms with Crippen molar-refractivity contribution in [1.82, 2.24) is 9.97 Å². The van der Waals surface area contributed by atoms with E-state index < -0.39 is 0 Å². The van der Waals surface area contributed by atoms with Gasteiger partial charge in [0.2, 0.25) is 0 Å². The number of thioether (sulfide) groups is 1. The Hall–Kier alpha value is -0.650. The van der Waals surface area contributed by atoms with Crippen LogP contribution in [0.5, 0.6) is 0 Å². The van der Waals surface area contributed by atoms with Crippen LogP contribution in [0.1, 0.15) is 12.0 Å². The van der Waals surface area contributed by atoms with Gasteiger partial charge < -0.3 is 10.8 Å². The lowest BCUT2D eigenvalue weighted by atomic mass is 10.4. The van der Waals surface area contributed by atoms with Gasteiger partial charge in [-0.15, -0.1) is 0 Å². The second kappa shape index (κ2) is 5.90. The van der Waals surface area contributed by atoms with Gasteiger partial charge in [-0.1, -0.05) is 11.8 Å². The number of hydrogen-bond acceptors (Lipinski definition) is 5. The second-order valence-electron chi connectivity index (χ2n) is 2.50. The molecule has 0 radical (unpaired) electrons. The Bertz CT molecular complexity index is 240. The van der Waals surface area contributed by atoms with Crippen molar-refractivity contribution in [2.75, 3.05) is 12.4 Å². The van der Waals surface area contributed by atoms with Crippen molar-refractivity contribution >= 4 is 11.8 Å². The van der Waals surface area contributed by atoms with Gasteiger partial charge in [0.15, 0.2) is 5.16 Å². The Labute approximate surface area is 81.6 Å². The Morgan fingerprint density at radius 3 is 2.62 bits per heavy atom. The summed E-state index contributed by atoms with van der Waals surface area (Å²) in [4.78, 5) is 8.22. The summed E-state index contributed by atoms with van der Waals surface area (Å²) in [7, 11) is 0. The SMILES string of the molecule is NCc1cnc(SCCCO)nc1. The fourth-order valence-electron chi connectivity index (χ4n) is 0.751. The molecule has 0 bridgehead atoms. The van der Waals surface area contributed by atoms with Crippen molar-refractivity contribution < 1.29 is 5.11 Å². The van der Waals surface area contributed by atoms with E-state index in [9.17, 15) is 0 Å². The number of hydrogen-bond donors (Lipinski definition) is 2. The first-order valence-electron chi connectivity index (χ1n) is 4.11. The molecule has 1 aromatic heterocycles. The minimum atomic E-state index is 0.216. The highest BCUT2D eigenvalue weighted by Gasteiger charge is 1.96. The molecule has 1 aromatic rings. The predicted molar refractivity (Wildman–Crippen MR) is 52.4 cm³/mol. The molecule has 0 aromatic carbocycles. The van der Waals surface area contributed by atoms with Gasteiger partial charge in [-0.05, 0) is 6.42 Å². The van der Waals surface area contributed by atoms with Crippen LogP contribution in [0.4, 0.5) is 0 Å². The maximum atomic E-state index is 8.56. The van der Waals surface area contributed by atoms with Gasteiger partial charge in [-0.2, -0.15) is 0 Å².